The van der Waals surface area contributed by atoms with Gasteiger partial charge in [0.05, 0.1) is 10.6 Å². The number of nitrogens with one attached hydrogen (secondary N) is 1. The van der Waals surface area contributed by atoms with Crippen LogP contribution in [0.5, 0.6) is 0 Å². The lowest BCUT2D eigenvalue weighted by Gasteiger charge is -2.19. The van der Waals surface area contributed by atoms with Gasteiger partial charge in [0.1, 0.15) is 11.4 Å². The van der Waals surface area contributed by atoms with Gasteiger partial charge in [-0.25, -0.2) is 0 Å². The highest BCUT2D eigenvalue weighted by Gasteiger charge is 2.16. The first-order valence-corrected chi connectivity index (χ1v) is 6.59. The van der Waals surface area contributed by atoms with Crippen molar-refractivity contribution in [2.24, 2.45) is 0 Å². The molecule has 2 heterocycles. The third-order valence-corrected chi connectivity index (χ3v) is 3.16. The van der Waals surface area contributed by atoms with E-state index < -0.39 is 0 Å². The normalized spacial score (nSPS) is 11.8. The van der Waals surface area contributed by atoms with E-state index >= 15 is 0 Å². The first-order chi connectivity index (χ1) is 8.47. The summed E-state index contributed by atoms with van der Waals surface area (Å²) in [4.78, 5) is 9.67. The van der Waals surface area contributed by atoms with Crippen LogP contribution in [0.15, 0.2) is 12.4 Å². The fourth-order valence-corrected chi connectivity index (χ4v) is 2.07. The van der Waals surface area contributed by atoms with Gasteiger partial charge in [-0.05, 0) is 39.2 Å². The molecule has 0 aliphatic rings. The van der Waals surface area contributed by atoms with Crippen LogP contribution in [-0.2, 0) is 6.54 Å². The molecular weight excluding hydrogens is 246 g/mol. The Labute approximate surface area is 111 Å². The number of hydrogen-bond donors (Lipinski definition) is 1. The zero-order valence-corrected chi connectivity index (χ0v) is 11.9. The molecule has 0 saturated heterocycles. The van der Waals surface area contributed by atoms with Crippen LogP contribution in [0.4, 0.5) is 0 Å². The minimum absolute atomic E-state index is 0.0681. The maximum absolute atomic E-state index is 4.34. The SMILES string of the molecule is Cc1nccnc1-c1nnsc1CNC(C)(C)C. The summed E-state index contributed by atoms with van der Waals surface area (Å²) in [7, 11) is 0. The third-order valence-electron chi connectivity index (χ3n) is 2.44. The van der Waals surface area contributed by atoms with Crippen molar-refractivity contribution in [2.75, 3.05) is 0 Å². The van der Waals surface area contributed by atoms with Crippen LogP contribution in [0.3, 0.4) is 0 Å². The fourth-order valence-electron chi connectivity index (χ4n) is 1.49. The average Bonchev–Trinajstić information content (AvgIpc) is 2.74. The topological polar surface area (TPSA) is 63.6 Å². The van der Waals surface area contributed by atoms with Crippen molar-refractivity contribution in [3.8, 4) is 11.4 Å². The first kappa shape index (κ1) is 13.0. The Bertz CT molecular complexity index is 529. The summed E-state index contributed by atoms with van der Waals surface area (Å²) in [5, 5.41) is 7.61. The maximum Gasteiger partial charge on any atom is 0.130 e. The highest BCUT2D eigenvalue weighted by Crippen LogP contribution is 2.23. The van der Waals surface area contributed by atoms with E-state index in [1.165, 1.54) is 11.5 Å². The smallest absolute Gasteiger partial charge is 0.130 e. The molecule has 6 heteroatoms. The van der Waals surface area contributed by atoms with Crippen molar-refractivity contribution in [3.63, 3.8) is 0 Å². The molecule has 5 nitrogen and oxygen atoms in total. The lowest BCUT2D eigenvalue weighted by Crippen LogP contribution is -2.34. The van der Waals surface area contributed by atoms with E-state index in [1.54, 1.807) is 12.4 Å². The second-order valence-corrected chi connectivity index (χ2v) is 5.98. The zero-order chi connectivity index (χ0) is 13.2. The van der Waals surface area contributed by atoms with Crippen molar-refractivity contribution in [2.45, 2.75) is 39.8 Å². The number of aromatic nitrogens is 4. The summed E-state index contributed by atoms with van der Waals surface area (Å²) in [6, 6.07) is 0. The quantitative estimate of drug-likeness (QED) is 0.919. The van der Waals surface area contributed by atoms with Crippen LogP contribution in [0, 0.1) is 6.92 Å². The van der Waals surface area contributed by atoms with Gasteiger partial charge in [0.2, 0.25) is 0 Å². The molecule has 0 aromatic carbocycles. The molecule has 18 heavy (non-hydrogen) atoms. The minimum Gasteiger partial charge on any atom is -0.307 e. The highest BCUT2D eigenvalue weighted by molar-refractivity contribution is 7.05. The average molecular weight is 263 g/mol. The summed E-state index contributed by atoms with van der Waals surface area (Å²) < 4.78 is 4.02. The van der Waals surface area contributed by atoms with Crippen molar-refractivity contribution in [3.05, 3.63) is 23.0 Å². The van der Waals surface area contributed by atoms with E-state index in [-0.39, 0.29) is 5.54 Å². The van der Waals surface area contributed by atoms with Gasteiger partial charge in [-0.3, -0.25) is 9.97 Å². The monoisotopic (exact) mass is 263 g/mol. The van der Waals surface area contributed by atoms with Gasteiger partial charge in [0, 0.05) is 24.5 Å². The molecule has 96 valence electrons. The molecule has 0 saturated carbocycles. The van der Waals surface area contributed by atoms with Gasteiger partial charge < -0.3 is 5.32 Å². The van der Waals surface area contributed by atoms with E-state index in [1.807, 2.05) is 6.92 Å². The molecule has 0 unspecified atom stereocenters. The molecule has 0 spiro atoms. The molecule has 0 amide bonds. The van der Waals surface area contributed by atoms with E-state index in [0.29, 0.717) is 0 Å². The molecule has 0 radical (unpaired) electrons. The molecule has 0 atom stereocenters. The van der Waals surface area contributed by atoms with Crippen molar-refractivity contribution < 1.29 is 0 Å². The number of nitrogens with zero attached hydrogens (tertiary/aromatic N) is 4. The standard InChI is InChI=1S/C12H17N5S/c1-8-10(14-6-5-13-8)11-9(18-17-16-11)7-15-12(2,3)4/h5-6,15H,7H2,1-4H3. The van der Waals surface area contributed by atoms with Crippen molar-refractivity contribution in [1.82, 2.24) is 24.9 Å². The highest BCUT2D eigenvalue weighted by atomic mass is 32.1. The first-order valence-electron chi connectivity index (χ1n) is 5.81. The third kappa shape index (κ3) is 3.08. The van der Waals surface area contributed by atoms with E-state index in [9.17, 15) is 0 Å². The lowest BCUT2D eigenvalue weighted by atomic mass is 10.1. The van der Waals surface area contributed by atoms with Crippen molar-refractivity contribution >= 4 is 11.5 Å². The van der Waals surface area contributed by atoms with Crippen LogP contribution < -0.4 is 5.32 Å². The molecule has 0 aliphatic heterocycles. The van der Waals surface area contributed by atoms with E-state index in [2.05, 4.69) is 45.6 Å². The number of rotatable bonds is 3. The van der Waals surface area contributed by atoms with Gasteiger partial charge in [0.15, 0.2) is 0 Å². The van der Waals surface area contributed by atoms with Gasteiger partial charge in [-0.2, -0.15) is 0 Å². The molecule has 0 bridgehead atoms. The van der Waals surface area contributed by atoms with Crippen LogP contribution in [0.25, 0.3) is 11.4 Å². The fraction of sp³-hybridized carbons (Fsp3) is 0.500. The summed E-state index contributed by atoms with van der Waals surface area (Å²) in [5.74, 6) is 0. The predicted octanol–water partition coefficient (Wildman–Crippen LogP) is 2.19. The Hall–Kier alpha value is -1.40. The molecule has 2 aromatic heterocycles. The summed E-state index contributed by atoms with van der Waals surface area (Å²) in [5.41, 5.74) is 2.60. The number of aryl methyl sites for hydroxylation is 1. The van der Waals surface area contributed by atoms with E-state index in [0.717, 1.165) is 28.5 Å². The predicted molar refractivity (Wildman–Crippen MR) is 72.3 cm³/mol. The maximum atomic E-state index is 4.34. The zero-order valence-electron chi connectivity index (χ0n) is 11.1. The second-order valence-electron chi connectivity index (χ2n) is 5.14. The summed E-state index contributed by atoms with van der Waals surface area (Å²) >= 11 is 1.40. The Morgan fingerprint density at radius 1 is 1.17 bits per heavy atom. The Morgan fingerprint density at radius 2 is 1.89 bits per heavy atom. The molecular formula is C12H17N5S. The Kier molecular flexibility index (Phi) is 3.68. The van der Waals surface area contributed by atoms with Crippen LogP contribution >= 0.6 is 11.5 Å². The lowest BCUT2D eigenvalue weighted by molar-refractivity contribution is 0.426. The van der Waals surface area contributed by atoms with Gasteiger partial charge in [-0.15, -0.1) is 5.10 Å². The Morgan fingerprint density at radius 3 is 2.56 bits per heavy atom. The molecule has 1 N–H and O–H groups in total. The van der Waals surface area contributed by atoms with Gasteiger partial charge >= 0.3 is 0 Å². The summed E-state index contributed by atoms with van der Waals surface area (Å²) in [6.07, 6.45) is 3.37. The van der Waals surface area contributed by atoms with E-state index in [4.69, 9.17) is 0 Å². The minimum atomic E-state index is 0.0681. The molecule has 0 aliphatic carbocycles. The number of hydrogen-bond acceptors (Lipinski definition) is 6. The van der Waals surface area contributed by atoms with Crippen molar-refractivity contribution in [1.29, 1.82) is 0 Å². The van der Waals surface area contributed by atoms with Crippen LogP contribution in [0.2, 0.25) is 0 Å². The van der Waals surface area contributed by atoms with Crippen LogP contribution in [0.1, 0.15) is 31.3 Å². The van der Waals surface area contributed by atoms with Gasteiger partial charge in [0.25, 0.3) is 0 Å². The molecule has 0 fully saturated rings. The molecule has 2 aromatic rings. The molecule has 2 rings (SSSR count). The summed E-state index contributed by atoms with van der Waals surface area (Å²) in [6.45, 7) is 9.08. The largest absolute Gasteiger partial charge is 0.307 e. The second kappa shape index (κ2) is 5.07. The van der Waals surface area contributed by atoms with Crippen LogP contribution in [-0.4, -0.2) is 25.1 Å². The van der Waals surface area contributed by atoms with Gasteiger partial charge in [-0.1, -0.05) is 4.49 Å². The Balaban J connectivity index is 2.26.